The number of rotatable bonds is 9. The Morgan fingerprint density at radius 3 is 2.00 bits per heavy atom. The van der Waals surface area contributed by atoms with E-state index in [1.807, 2.05) is 48.5 Å². The summed E-state index contributed by atoms with van der Waals surface area (Å²) in [6.07, 6.45) is -0.852. The number of carboxylic acids is 1. The number of nitrogens with zero attached hydrogens (tertiary/aromatic N) is 1. The van der Waals surface area contributed by atoms with Gasteiger partial charge in [0.15, 0.2) is 0 Å². The highest BCUT2D eigenvalue weighted by Gasteiger charge is 2.29. The number of benzene rings is 3. The van der Waals surface area contributed by atoms with Crippen molar-refractivity contribution in [1.82, 2.24) is 5.32 Å². The van der Waals surface area contributed by atoms with Gasteiger partial charge >= 0.3 is 12.1 Å². The predicted molar refractivity (Wildman–Crippen MR) is 133 cm³/mol. The van der Waals surface area contributed by atoms with Crippen LogP contribution in [0, 0.1) is 0 Å². The van der Waals surface area contributed by atoms with E-state index in [9.17, 15) is 14.7 Å². The molecule has 1 atom stereocenters. The number of fused-ring (bicyclic) bond motifs is 3. The van der Waals surface area contributed by atoms with Crippen LogP contribution in [0.3, 0.4) is 0 Å². The van der Waals surface area contributed by atoms with E-state index in [0.717, 1.165) is 46.6 Å². The number of hydrogen-bond donors (Lipinski definition) is 2. The number of hydrogen-bond acceptors (Lipinski definition) is 4. The molecule has 4 rings (SSSR count). The number of amides is 1. The molecule has 0 radical (unpaired) electrons. The van der Waals surface area contributed by atoms with E-state index >= 15 is 0 Å². The Bertz CT molecular complexity index is 1110. The van der Waals surface area contributed by atoms with Gasteiger partial charge in [-0.15, -0.1) is 0 Å². The third-order valence-corrected chi connectivity index (χ3v) is 6.44. The van der Waals surface area contributed by atoms with E-state index in [4.69, 9.17) is 4.74 Å². The summed E-state index contributed by atoms with van der Waals surface area (Å²) in [6.45, 7) is 6.12. The number of carbonyl (C=O) groups excluding carboxylic acids is 1. The SMILES string of the molecule is CCN(CC)c1ccc([C@@H](CC(=O)O)NC(=O)OCC2c3ccccc3-c3ccccc32)cc1. The van der Waals surface area contributed by atoms with Crippen molar-refractivity contribution in [3.63, 3.8) is 0 Å². The second-order valence-corrected chi connectivity index (χ2v) is 8.38. The van der Waals surface area contributed by atoms with E-state index in [-0.39, 0.29) is 18.9 Å². The molecule has 6 heteroatoms. The normalized spacial score (nSPS) is 13.0. The molecule has 1 aliphatic rings. The first-order valence-corrected chi connectivity index (χ1v) is 11.7. The van der Waals surface area contributed by atoms with Gasteiger partial charge in [-0.3, -0.25) is 4.79 Å². The number of carbonyl (C=O) groups is 2. The zero-order valence-corrected chi connectivity index (χ0v) is 19.5. The quantitative estimate of drug-likeness (QED) is 0.437. The molecule has 0 saturated heterocycles. The Kier molecular flexibility index (Phi) is 7.16. The van der Waals surface area contributed by atoms with Crippen LogP contribution in [0.25, 0.3) is 11.1 Å². The molecule has 0 unspecified atom stereocenters. The van der Waals surface area contributed by atoms with Crippen molar-refractivity contribution in [2.75, 3.05) is 24.6 Å². The van der Waals surface area contributed by atoms with Crippen LogP contribution in [-0.2, 0) is 9.53 Å². The van der Waals surface area contributed by atoms with Crippen molar-refractivity contribution < 1.29 is 19.4 Å². The molecule has 2 N–H and O–H groups in total. The van der Waals surface area contributed by atoms with Gasteiger partial charge in [0.05, 0.1) is 12.5 Å². The first-order valence-electron chi connectivity index (χ1n) is 11.7. The van der Waals surface area contributed by atoms with Crippen molar-refractivity contribution in [3.8, 4) is 11.1 Å². The summed E-state index contributed by atoms with van der Waals surface area (Å²) >= 11 is 0. The van der Waals surface area contributed by atoms with Crippen LogP contribution >= 0.6 is 0 Å². The summed E-state index contributed by atoms with van der Waals surface area (Å²) in [7, 11) is 0. The van der Waals surface area contributed by atoms with Crippen molar-refractivity contribution in [1.29, 1.82) is 0 Å². The lowest BCUT2D eigenvalue weighted by atomic mass is 9.98. The second-order valence-electron chi connectivity index (χ2n) is 8.38. The number of nitrogens with one attached hydrogen (secondary N) is 1. The minimum absolute atomic E-state index is 0.0515. The molecule has 176 valence electrons. The lowest BCUT2D eigenvalue weighted by Gasteiger charge is -2.23. The maximum absolute atomic E-state index is 12.7. The summed E-state index contributed by atoms with van der Waals surface area (Å²) in [5.41, 5.74) is 6.36. The summed E-state index contributed by atoms with van der Waals surface area (Å²) in [4.78, 5) is 26.4. The zero-order chi connectivity index (χ0) is 24.1. The maximum atomic E-state index is 12.7. The highest BCUT2D eigenvalue weighted by molar-refractivity contribution is 5.79. The third-order valence-electron chi connectivity index (χ3n) is 6.44. The number of alkyl carbamates (subject to hydrolysis) is 1. The standard InChI is InChI=1S/C28H30N2O4/c1-3-30(4-2)20-15-13-19(14-16-20)26(17-27(31)32)29-28(33)34-18-25-23-11-7-5-9-21(23)22-10-6-8-12-24(22)25/h5-16,25-26H,3-4,17-18H2,1-2H3,(H,29,33)(H,31,32)/t26-/m1/s1. The predicted octanol–water partition coefficient (Wildman–Crippen LogP) is 5.59. The van der Waals surface area contributed by atoms with Crippen LogP contribution in [0.2, 0.25) is 0 Å². The number of anilines is 1. The van der Waals surface area contributed by atoms with Crippen molar-refractivity contribution in [2.24, 2.45) is 0 Å². The van der Waals surface area contributed by atoms with Gasteiger partial charge in [0.2, 0.25) is 0 Å². The van der Waals surface area contributed by atoms with Gasteiger partial charge in [0.25, 0.3) is 0 Å². The first kappa shape index (κ1) is 23.4. The first-order chi connectivity index (χ1) is 16.5. The van der Waals surface area contributed by atoms with E-state index in [2.05, 4.69) is 48.3 Å². The van der Waals surface area contributed by atoms with Gasteiger partial charge in [0, 0.05) is 24.7 Å². The number of carboxylic acid groups (broad SMARTS) is 1. The molecule has 0 aliphatic heterocycles. The molecule has 1 aliphatic carbocycles. The largest absolute Gasteiger partial charge is 0.481 e. The molecule has 3 aromatic carbocycles. The topological polar surface area (TPSA) is 78.9 Å². The molecule has 0 fully saturated rings. The van der Waals surface area contributed by atoms with E-state index in [0.29, 0.717) is 0 Å². The van der Waals surface area contributed by atoms with Gasteiger partial charge in [-0.25, -0.2) is 4.79 Å². The smallest absolute Gasteiger partial charge is 0.407 e. The highest BCUT2D eigenvalue weighted by Crippen LogP contribution is 2.44. The zero-order valence-electron chi connectivity index (χ0n) is 19.5. The van der Waals surface area contributed by atoms with Crippen molar-refractivity contribution in [3.05, 3.63) is 89.5 Å². The minimum Gasteiger partial charge on any atom is -0.481 e. The van der Waals surface area contributed by atoms with Crippen LogP contribution in [0.5, 0.6) is 0 Å². The van der Waals surface area contributed by atoms with Crippen molar-refractivity contribution >= 4 is 17.7 Å². The average Bonchev–Trinajstić information content (AvgIpc) is 3.17. The van der Waals surface area contributed by atoms with Crippen LogP contribution in [0.15, 0.2) is 72.8 Å². The highest BCUT2D eigenvalue weighted by atomic mass is 16.5. The van der Waals surface area contributed by atoms with Gasteiger partial charge in [-0.05, 0) is 53.8 Å². The number of ether oxygens (including phenoxy) is 1. The summed E-state index contributed by atoms with van der Waals surface area (Å²) < 4.78 is 5.62. The molecule has 0 spiro atoms. The summed E-state index contributed by atoms with van der Waals surface area (Å²) in [5.74, 6) is -1.04. The van der Waals surface area contributed by atoms with E-state index in [1.54, 1.807) is 0 Å². The molecule has 0 heterocycles. The van der Waals surface area contributed by atoms with Gasteiger partial charge in [-0.1, -0.05) is 60.7 Å². The van der Waals surface area contributed by atoms with Gasteiger partial charge in [-0.2, -0.15) is 0 Å². The maximum Gasteiger partial charge on any atom is 0.407 e. The Morgan fingerprint density at radius 1 is 0.912 bits per heavy atom. The van der Waals surface area contributed by atoms with Crippen LogP contribution in [0.1, 0.15) is 48.9 Å². The molecule has 3 aromatic rings. The molecular weight excluding hydrogens is 428 g/mol. The Balaban J connectivity index is 1.46. The van der Waals surface area contributed by atoms with E-state index < -0.39 is 18.1 Å². The molecule has 0 aromatic heterocycles. The third kappa shape index (κ3) is 4.91. The lowest BCUT2D eigenvalue weighted by molar-refractivity contribution is -0.137. The molecule has 1 amide bonds. The fourth-order valence-electron chi connectivity index (χ4n) is 4.72. The second kappa shape index (κ2) is 10.4. The molecule has 34 heavy (non-hydrogen) atoms. The van der Waals surface area contributed by atoms with Crippen molar-refractivity contribution in [2.45, 2.75) is 32.2 Å². The summed E-state index contributed by atoms with van der Waals surface area (Å²) in [5, 5.41) is 12.2. The molecule has 0 bridgehead atoms. The fraction of sp³-hybridized carbons (Fsp3) is 0.286. The Labute approximate surface area is 200 Å². The molecular formula is C28H30N2O4. The van der Waals surface area contributed by atoms with Crippen LogP contribution in [0.4, 0.5) is 10.5 Å². The monoisotopic (exact) mass is 458 g/mol. The van der Waals surface area contributed by atoms with E-state index in [1.165, 1.54) is 0 Å². The fourth-order valence-corrected chi connectivity index (χ4v) is 4.72. The minimum atomic E-state index is -0.989. The number of aliphatic carboxylic acids is 1. The molecule has 6 nitrogen and oxygen atoms in total. The Hall–Kier alpha value is -3.80. The Morgan fingerprint density at radius 2 is 1.47 bits per heavy atom. The van der Waals surface area contributed by atoms with Gasteiger partial charge in [0.1, 0.15) is 6.61 Å². The lowest BCUT2D eigenvalue weighted by Crippen LogP contribution is -2.31. The van der Waals surface area contributed by atoms with Crippen LogP contribution in [-0.4, -0.2) is 36.9 Å². The average molecular weight is 459 g/mol. The molecule has 0 saturated carbocycles. The summed E-state index contributed by atoms with van der Waals surface area (Å²) in [6, 6.07) is 23.2. The van der Waals surface area contributed by atoms with Gasteiger partial charge < -0.3 is 20.1 Å². The van der Waals surface area contributed by atoms with Crippen LogP contribution < -0.4 is 10.2 Å².